The van der Waals surface area contributed by atoms with Gasteiger partial charge in [-0.15, -0.1) is 0 Å². The van der Waals surface area contributed by atoms with Gasteiger partial charge in [-0.25, -0.2) is 9.78 Å². The van der Waals surface area contributed by atoms with Gasteiger partial charge in [0.25, 0.3) is 5.91 Å². The highest BCUT2D eigenvalue weighted by Gasteiger charge is 2.21. The monoisotopic (exact) mass is 594 g/mol. The fourth-order valence-electron chi connectivity index (χ4n) is 4.46. The van der Waals surface area contributed by atoms with Crippen molar-refractivity contribution >= 4 is 44.4 Å². The van der Waals surface area contributed by atoms with Crippen molar-refractivity contribution < 1.29 is 19.1 Å². The molecule has 0 spiro atoms. The molecule has 1 aromatic heterocycles. The van der Waals surface area contributed by atoms with Gasteiger partial charge < -0.3 is 14.8 Å². The SMILES string of the molecule is Cc1cc(Br)ccc1NC(=O)COC(=O)c1c(C)c(-c2ccc(OCc3ccccc3)cc2)nc2ccccc12. The minimum atomic E-state index is -0.581. The van der Waals surface area contributed by atoms with Gasteiger partial charge in [-0.05, 0) is 79.1 Å². The van der Waals surface area contributed by atoms with E-state index in [0.29, 0.717) is 40.0 Å². The first-order valence-corrected chi connectivity index (χ1v) is 13.6. The number of hydrogen-bond acceptors (Lipinski definition) is 5. The predicted octanol–water partition coefficient (Wildman–Crippen LogP) is 7.66. The summed E-state index contributed by atoms with van der Waals surface area (Å²) >= 11 is 3.41. The normalized spacial score (nSPS) is 10.8. The van der Waals surface area contributed by atoms with E-state index in [1.807, 2.05) is 105 Å². The van der Waals surface area contributed by atoms with Crippen molar-refractivity contribution in [3.05, 3.63) is 124 Å². The number of para-hydroxylation sites is 1. The van der Waals surface area contributed by atoms with Crippen LogP contribution in [0.2, 0.25) is 0 Å². The lowest BCUT2D eigenvalue weighted by atomic mass is 9.97. The second-order valence-electron chi connectivity index (χ2n) is 9.36. The molecule has 0 aliphatic carbocycles. The number of anilines is 1. The molecule has 5 rings (SSSR count). The smallest absolute Gasteiger partial charge is 0.339 e. The van der Waals surface area contributed by atoms with Gasteiger partial charge in [-0.3, -0.25) is 4.79 Å². The number of benzene rings is 4. The van der Waals surface area contributed by atoms with Crippen LogP contribution in [0.1, 0.15) is 27.0 Å². The Bertz CT molecular complexity index is 1690. The topological polar surface area (TPSA) is 77.5 Å². The lowest BCUT2D eigenvalue weighted by molar-refractivity contribution is -0.119. The number of amides is 1. The fraction of sp³-hybridized carbons (Fsp3) is 0.121. The van der Waals surface area contributed by atoms with Crippen molar-refractivity contribution in [1.29, 1.82) is 0 Å². The lowest BCUT2D eigenvalue weighted by Crippen LogP contribution is -2.22. The maximum absolute atomic E-state index is 13.3. The van der Waals surface area contributed by atoms with Gasteiger partial charge in [0, 0.05) is 21.1 Å². The number of pyridine rings is 1. The second-order valence-corrected chi connectivity index (χ2v) is 10.3. The number of carbonyl (C=O) groups excluding carboxylic acids is 2. The Balaban J connectivity index is 1.35. The molecule has 1 amide bonds. The van der Waals surface area contributed by atoms with Crippen molar-refractivity contribution in [2.24, 2.45) is 0 Å². The first-order chi connectivity index (χ1) is 19.4. The average molecular weight is 595 g/mol. The molecule has 40 heavy (non-hydrogen) atoms. The van der Waals surface area contributed by atoms with E-state index >= 15 is 0 Å². The highest BCUT2D eigenvalue weighted by Crippen LogP contribution is 2.31. The third-order valence-corrected chi connectivity index (χ3v) is 7.01. The highest BCUT2D eigenvalue weighted by molar-refractivity contribution is 9.10. The van der Waals surface area contributed by atoms with Gasteiger partial charge in [0.2, 0.25) is 0 Å². The number of halogens is 1. The van der Waals surface area contributed by atoms with Crippen LogP contribution in [0.25, 0.3) is 22.2 Å². The molecular formula is C33H27BrN2O4. The molecule has 0 atom stereocenters. The molecule has 200 valence electrons. The van der Waals surface area contributed by atoms with Crippen molar-refractivity contribution in [3.63, 3.8) is 0 Å². The number of carbonyl (C=O) groups is 2. The Morgan fingerprint density at radius 3 is 2.35 bits per heavy atom. The zero-order valence-corrected chi connectivity index (χ0v) is 23.7. The van der Waals surface area contributed by atoms with Crippen LogP contribution in [-0.4, -0.2) is 23.5 Å². The summed E-state index contributed by atoms with van der Waals surface area (Å²) in [5.74, 6) is -0.262. The molecule has 0 saturated heterocycles. The standard InChI is InChI=1S/C33H27BrN2O4/c1-21-18-25(34)14-17-28(21)35-30(37)20-40-33(38)31-22(2)32(36-29-11-7-6-10-27(29)31)24-12-15-26(16-13-24)39-19-23-8-4-3-5-9-23/h3-18H,19-20H2,1-2H3,(H,35,37). The van der Waals surface area contributed by atoms with E-state index in [4.69, 9.17) is 14.5 Å². The summed E-state index contributed by atoms with van der Waals surface area (Å²) in [6.45, 7) is 3.80. The Labute approximate surface area is 241 Å². The molecule has 5 aromatic rings. The molecular weight excluding hydrogens is 568 g/mol. The number of aromatic nitrogens is 1. The maximum Gasteiger partial charge on any atom is 0.339 e. The van der Waals surface area contributed by atoms with Gasteiger partial charge in [0.05, 0.1) is 16.8 Å². The van der Waals surface area contributed by atoms with Crippen LogP contribution in [-0.2, 0) is 16.1 Å². The van der Waals surface area contributed by atoms with E-state index in [1.165, 1.54) is 0 Å². The van der Waals surface area contributed by atoms with Gasteiger partial charge in [0.1, 0.15) is 12.4 Å². The van der Waals surface area contributed by atoms with E-state index in [2.05, 4.69) is 21.2 Å². The first kappa shape index (κ1) is 27.1. The molecule has 0 bridgehead atoms. The number of esters is 1. The van der Waals surface area contributed by atoms with Crippen LogP contribution in [0.15, 0.2) is 102 Å². The van der Waals surface area contributed by atoms with Gasteiger partial charge in [0.15, 0.2) is 6.61 Å². The number of nitrogens with one attached hydrogen (secondary N) is 1. The zero-order chi connectivity index (χ0) is 28.1. The molecule has 1 N–H and O–H groups in total. The Hall–Kier alpha value is -4.49. The Morgan fingerprint density at radius 2 is 1.60 bits per heavy atom. The van der Waals surface area contributed by atoms with Crippen LogP contribution in [0, 0.1) is 13.8 Å². The summed E-state index contributed by atoms with van der Waals surface area (Å²) in [5, 5.41) is 3.47. The van der Waals surface area contributed by atoms with Crippen molar-refractivity contribution in [1.82, 2.24) is 4.98 Å². The largest absolute Gasteiger partial charge is 0.489 e. The maximum atomic E-state index is 13.3. The van der Waals surface area contributed by atoms with Crippen LogP contribution in [0.5, 0.6) is 5.75 Å². The van der Waals surface area contributed by atoms with Crippen molar-refractivity contribution in [2.75, 3.05) is 11.9 Å². The molecule has 1 heterocycles. The third-order valence-electron chi connectivity index (χ3n) is 6.51. The van der Waals surface area contributed by atoms with E-state index in [1.54, 1.807) is 6.07 Å². The number of hydrogen-bond donors (Lipinski definition) is 1. The Kier molecular flexibility index (Phi) is 8.22. The molecule has 0 fully saturated rings. The molecule has 7 heteroatoms. The minimum absolute atomic E-state index is 0.387. The lowest BCUT2D eigenvalue weighted by Gasteiger charge is -2.15. The molecule has 0 saturated carbocycles. The number of rotatable bonds is 8. The molecule has 4 aromatic carbocycles. The van der Waals surface area contributed by atoms with E-state index < -0.39 is 18.5 Å². The quantitative estimate of drug-likeness (QED) is 0.187. The molecule has 0 aliphatic rings. The van der Waals surface area contributed by atoms with Crippen LogP contribution in [0.4, 0.5) is 5.69 Å². The second kappa shape index (κ2) is 12.1. The minimum Gasteiger partial charge on any atom is -0.489 e. The van der Waals surface area contributed by atoms with Crippen LogP contribution < -0.4 is 10.1 Å². The third kappa shape index (κ3) is 6.21. The highest BCUT2D eigenvalue weighted by atomic mass is 79.9. The fourth-order valence-corrected chi connectivity index (χ4v) is 4.93. The number of ether oxygens (including phenoxy) is 2. The van der Waals surface area contributed by atoms with Gasteiger partial charge in [-0.2, -0.15) is 0 Å². The van der Waals surface area contributed by atoms with Gasteiger partial charge >= 0.3 is 5.97 Å². The molecule has 0 aliphatic heterocycles. The summed E-state index contributed by atoms with van der Waals surface area (Å²) in [5.41, 5.74) is 5.86. The van der Waals surface area contributed by atoms with Crippen LogP contribution in [0.3, 0.4) is 0 Å². The van der Waals surface area contributed by atoms with E-state index in [0.717, 1.165) is 26.9 Å². The molecule has 0 radical (unpaired) electrons. The zero-order valence-electron chi connectivity index (χ0n) is 22.1. The predicted molar refractivity (Wildman–Crippen MR) is 160 cm³/mol. The van der Waals surface area contributed by atoms with E-state index in [9.17, 15) is 9.59 Å². The number of aryl methyl sites for hydroxylation is 1. The summed E-state index contributed by atoms with van der Waals surface area (Å²) < 4.78 is 12.3. The van der Waals surface area contributed by atoms with Crippen molar-refractivity contribution in [2.45, 2.75) is 20.5 Å². The first-order valence-electron chi connectivity index (χ1n) is 12.8. The summed E-state index contributed by atoms with van der Waals surface area (Å²) in [7, 11) is 0. The average Bonchev–Trinajstić information content (AvgIpc) is 2.97. The van der Waals surface area contributed by atoms with Crippen molar-refractivity contribution in [3.8, 4) is 17.0 Å². The van der Waals surface area contributed by atoms with E-state index in [-0.39, 0.29) is 0 Å². The summed E-state index contributed by atoms with van der Waals surface area (Å²) in [6.07, 6.45) is 0. The van der Waals surface area contributed by atoms with Crippen LogP contribution >= 0.6 is 15.9 Å². The summed E-state index contributed by atoms with van der Waals surface area (Å²) in [4.78, 5) is 30.8. The Morgan fingerprint density at radius 1 is 0.875 bits per heavy atom. The number of nitrogens with zero attached hydrogens (tertiary/aromatic N) is 1. The summed E-state index contributed by atoms with van der Waals surface area (Å²) in [6, 6.07) is 30.5. The molecule has 6 nitrogen and oxygen atoms in total. The van der Waals surface area contributed by atoms with Gasteiger partial charge in [-0.1, -0.05) is 64.5 Å². The number of fused-ring (bicyclic) bond motifs is 1. The molecule has 0 unspecified atom stereocenters.